The maximum absolute atomic E-state index is 13.1. The van der Waals surface area contributed by atoms with Gasteiger partial charge in [0.15, 0.2) is 23.0 Å². The lowest BCUT2D eigenvalue weighted by Gasteiger charge is -2.04. The highest BCUT2D eigenvalue weighted by Gasteiger charge is 2.21. The molecule has 0 saturated carbocycles. The molecular weight excluding hydrogens is 1050 g/mol. The summed E-state index contributed by atoms with van der Waals surface area (Å²) in [5, 5.41) is 49.3. The molecule has 0 aliphatic carbocycles. The first-order valence-electron chi connectivity index (χ1n) is 21.9. The number of ketones is 2. The topological polar surface area (TPSA) is 402 Å². The van der Waals surface area contributed by atoms with Gasteiger partial charge in [0.25, 0.3) is 34.6 Å². The van der Waals surface area contributed by atoms with E-state index < -0.39 is 68.7 Å². The van der Waals surface area contributed by atoms with Gasteiger partial charge in [-0.15, -0.1) is 10.2 Å². The molecule has 36 heteroatoms. The van der Waals surface area contributed by atoms with Crippen molar-refractivity contribution in [2.45, 2.75) is 13.8 Å². The van der Waals surface area contributed by atoms with Gasteiger partial charge in [0.1, 0.15) is 49.1 Å². The molecule has 396 valence electrons. The predicted molar refractivity (Wildman–Crippen MR) is 256 cm³/mol. The van der Waals surface area contributed by atoms with Crippen molar-refractivity contribution in [3.05, 3.63) is 186 Å². The number of nitrogens with zero attached hydrogens (tertiary/aromatic N) is 22. The van der Waals surface area contributed by atoms with Crippen LogP contribution in [0.2, 0.25) is 0 Å². The standard InChI is InChI=1S/C14H10FN9O2.C12H8FN5O2.C11H6FN5O3.C6H5N5O2/c1-22-13(16-6-17-22)19-11(25)10-12(26)20-14-23(21-10)7-18-24(14)9-4-2-8(15)3-5-9;1-7(19)10-11(20)15-12-17(16-10)6-14-18(12)9-4-2-8(13)3-5-9;12-6-1-3-7(4-2-6)17-11-14-9(18)8(10(19)20)15-16(11)5-13-17;1-3(12)4-5(13)8-6-9-7-2-11(6)10-4/h2-7H,1H3,(H,16,17,19,25);2-6H,1H3;1-5H,(H,19,20);2H,1H3,(H,8,9,13). The van der Waals surface area contributed by atoms with E-state index in [4.69, 9.17) is 5.11 Å². The van der Waals surface area contributed by atoms with Crippen LogP contribution < -0.4 is 27.6 Å². The molecule has 0 aliphatic rings. The number of aromatic carboxylic acids is 1. The Hall–Kier alpha value is -12.0. The Morgan fingerprint density at radius 1 is 0.532 bits per heavy atom. The molecule has 9 aromatic heterocycles. The zero-order valence-corrected chi connectivity index (χ0v) is 40.0. The summed E-state index contributed by atoms with van der Waals surface area (Å²) in [5.74, 6) is -3.67. The third kappa shape index (κ3) is 11.0. The highest BCUT2D eigenvalue weighted by Crippen LogP contribution is 2.13. The molecule has 0 atom stereocenters. The fourth-order valence-electron chi connectivity index (χ4n) is 6.58. The molecule has 3 N–H and O–H groups in total. The predicted octanol–water partition coefficient (Wildman–Crippen LogP) is -0.460. The number of carboxylic acid groups (broad SMARTS) is 1. The van der Waals surface area contributed by atoms with Gasteiger partial charge in [-0.1, -0.05) is 0 Å². The number of aryl methyl sites for hydroxylation is 1. The average Bonchev–Trinajstić information content (AvgIpc) is 4.39. The zero-order chi connectivity index (χ0) is 56.2. The van der Waals surface area contributed by atoms with Crippen molar-refractivity contribution >= 4 is 52.5 Å². The number of benzene rings is 3. The summed E-state index contributed by atoms with van der Waals surface area (Å²) in [4.78, 5) is 109. The fraction of sp³-hybridized carbons (Fsp3) is 0.0698. The van der Waals surface area contributed by atoms with Crippen LogP contribution in [0.15, 0.2) is 124 Å². The van der Waals surface area contributed by atoms with Crippen molar-refractivity contribution in [1.29, 1.82) is 0 Å². The molecule has 0 unspecified atom stereocenters. The molecule has 33 nitrogen and oxygen atoms in total. The number of nitrogens with one attached hydrogen (secondary N) is 2. The lowest BCUT2D eigenvalue weighted by atomic mass is 10.3. The van der Waals surface area contributed by atoms with Gasteiger partial charge in [-0.2, -0.15) is 92.8 Å². The van der Waals surface area contributed by atoms with E-state index >= 15 is 0 Å². The van der Waals surface area contributed by atoms with E-state index in [9.17, 15) is 51.5 Å². The number of carbonyl (C=O) groups excluding carboxylic acids is 3. The van der Waals surface area contributed by atoms with Gasteiger partial charge in [0, 0.05) is 20.9 Å². The Labute approximate surface area is 431 Å². The number of hydrogen-bond acceptors (Lipinski definition) is 22. The molecule has 3 aromatic carbocycles. The van der Waals surface area contributed by atoms with Crippen LogP contribution in [0, 0.1) is 17.5 Å². The SMILES string of the molecule is CC(=O)c1nn2cnn(-c3ccc(F)cc3)c2nc1=O.CC(=O)c1nn2cnnc2[nH]c1=O.Cn1ncnc1NC(=O)c1nn2cnn(-c3ccc(F)cc3)c2nc1=O.O=C(O)c1nn2cnn(-c3ccc(F)cc3)c2nc1=O. The van der Waals surface area contributed by atoms with Crippen LogP contribution in [0.25, 0.3) is 40.2 Å². The molecule has 0 radical (unpaired) electrons. The van der Waals surface area contributed by atoms with Gasteiger partial charge >= 0.3 is 22.6 Å². The second-order valence-electron chi connectivity index (χ2n) is 15.6. The molecule has 0 aliphatic heterocycles. The summed E-state index contributed by atoms with van der Waals surface area (Å²) in [7, 11) is 1.58. The summed E-state index contributed by atoms with van der Waals surface area (Å²) in [6.07, 6.45) is 6.36. The van der Waals surface area contributed by atoms with E-state index in [1.54, 1.807) is 7.05 Å². The summed E-state index contributed by atoms with van der Waals surface area (Å²) in [5.41, 5.74) is -3.12. The largest absolute Gasteiger partial charge is 0.476 e. The Kier molecular flexibility index (Phi) is 14.1. The van der Waals surface area contributed by atoms with E-state index in [0.29, 0.717) is 17.1 Å². The fourth-order valence-corrected chi connectivity index (χ4v) is 6.58. The Morgan fingerprint density at radius 2 is 0.937 bits per heavy atom. The number of hydrogen-bond donors (Lipinski definition) is 3. The quantitative estimate of drug-likeness (QED) is 0.162. The van der Waals surface area contributed by atoms with Gasteiger partial charge in [0.05, 0.1) is 17.1 Å². The number of amides is 1. The first kappa shape index (κ1) is 51.9. The van der Waals surface area contributed by atoms with Crippen LogP contribution in [0.3, 0.4) is 0 Å². The van der Waals surface area contributed by atoms with Gasteiger partial charge in [0.2, 0.25) is 17.3 Å². The average molecular weight is 1080 g/mol. The molecule has 0 spiro atoms. The molecule has 12 rings (SSSR count). The zero-order valence-electron chi connectivity index (χ0n) is 40.0. The minimum absolute atomic E-state index is 0.0339. The number of rotatable bonds is 8. The Morgan fingerprint density at radius 3 is 1.35 bits per heavy atom. The lowest BCUT2D eigenvalue weighted by molar-refractivity contribution is 0.0685. The van der Waals surface area contributed by atoms with E-state index in [-0.39, 0.29) is 46.3 Å². The molecule has 79 heavy (non-hydrogen) atoms. The van der Waals surface area contributed by atoms with Crippen LogP contribution in [-0.4, -0.2) is 141 Å². The highest BCUT2D eigenvalue weighted by atomic mass is 19.1. The maximum Gasteiger partial charge on any atom is 0.362 e. The maximum atomic E-state index is 13.1. The highest BCUT2D eigenvalue weighted by molar-refractivity contribution is 6.01. The number of carbonyl (C=O) groups is 4. The molecule has 0 bridgehead atoms. The van der Waals surface area contributed by atoms with Crippen LogP contribution in [0.5, 0.6) is 0 Å². The van der Waals surface area contributed by atoms with Crippen LogP contribution in [0.1, 0.15) is 55.8 Å². The van der Waals surface area contributed by atoms with Crippen molar-refractivity contribution in [2.75, 3.05) is 5.32 Å². The number of carboxylic acids is 1. The van der Waals surface area contributed by atoms with Crippen LogP contribution >= 0.6 is 0 Å². The summed E-state index contributed by atoms with van der Waals surface area (Å²) >= 11 is 0. The second-order valence-corrected chi connectivity index (χ2v) is 15.6. The van der Waals surface area contributed by atoms with E-state index in [1.165, 1.54) is 151 Å². The number of Topliss-reactive ketones (excluding diaryl/α,β-unsaturated/α-hetero) is 2. The minimum Gasteiger partial charge on any atom is -0.476 e. The lowest BCUT2D eigenvalue weighted by Crippen LogP contribution is -2.28. The van der Waals surface area contributed by atoms with Gasteiger partial charge in [-0.05, 0) is 72.8 Å². The molecule has 0 saturated heterocycles. The van der Waals surface area contributed by atoms with Crippen molar-refractivity contribution in [2.24, 2.45) is 7.05 Å². The summed E-state index contributed by atoms with van der Waals surface area (Å²) < 4.78 is 48.7. The van der Waals surface area contributed by atoms with E-state index in [2.05, 4.69) is 81.2 Å². The first-order valence-corrected chi connectivity index (χ1v) is 21.9. The minimum atomic E-state index is -1.47. The second kappa shape index (κ2) is 21.5. The number of fused-ring (bicyclic) bond motifs is 4. The number of anilines is 1. The molecule has 9 heterocycles. The Balaban J connectivity index is 0.000000131. The summed E-state index contributed by atoms with van der Waals surface area (Å²) in [6.45, 7) is 2.51. The number of H-pyrrole nitrogens is 1. The van der Waals surface area contributed by atoms with Crippen LogP contribution in [-0.2, 0) is 7.05 Å². The van der Waals surface area contributed by atoms with Crippen LogP contribution in [0.4, 0.5) is 19.1 Å². The number of halogens is 3. The van der Waals surface area contributed by atoms with Crippen molar-refractivity contribution in [1.82, 2.24) is 113 Å². The third-order valence-electron chi connectivity index (χ3n) is 10.3. The molecular formula is C43H29F3N24O9. The van der Waals surface area contributed by atoms with Crippen molar-refractivity contribution < 1.29 is 37.5 Å². The first-order chi connectivity index (χ1) is 37.8. The molecule has 12 aromatic rings. The molecule has 0 fully saturated rings. The van der Waals surface area contributed by atoms with Gasteiger partial charge in [-0.25, -0.2) is 22.6 Å². The van der Waals surface area contributed by atoms with Crippen molar-refractivity contribution in [3.8, 4) is 17.1 Å². The smallest absolute Gasteiger partial charge is 0.362 e. The number of aromatic nitrogens is 23. The monoisotopic (exact) mass is 1080 g/mol. The van der Waals surface area contributed by atoms with Crippen molar-refractivity contribution in [3.63, 3.8) is 0 Å². The van der Waals surface area contributed by atoms with E-state index in [1.807, 2.05) is 0 Å². The van der Waals surface area contributed by atoms with E-state index in [0.717, 1.165) is 4.52 Å². The normalized spacial score (nSPS) is 10.9. The van der Waals surface area contributed by atoms with Gasteiger partial charge < -0.3 is 5.11 Å². The summed E-state index contributed by atoms with van der Waals surface area (Å²) in [6, 6.07) is 16.3. The van der Waals surface area contributed by atoms with Gasteiger partial charge in [-0.3, -0.25) is 43.9 Å². The third-order valence-corrected chi connectivity index (χ3v) is 10.3. The number of aromatic amines is 1. The molecule has 1 amide bonds. The Bertz CT molecular complexity index is 4430.